The summed E-state index contributed by atoms with van der Waals surface area (Å²) in [6.45, 7) is 3.00. The van der Waals surface area contributed by atoms with Gasteiger partial charge in [-0.2, -0.15) is 0 Å². The van der Waals surface area contributed by atoms with Crippen molar-refractivity contribution in [2.24, 2.45) is 0 Å². The van der Waals surface area contributed by atoms with Crippen molar-refractivity contribution in [3.63, 3.8) is 0 Å². The van der Waals surface area contributed by atoms with Crippen LogP contribution in [0.25, 0.3) is 22.6 Å². The summed E-state index contributed by atoms with van der Waals surface area (Å²) in [7, 11) is 0. The van der Waals surface area contributed by atoms with Gasteiger partial charge in [0.1, 0.15) is 21.6 Å². The Bertz CT molecular complexity index is 1440. The Kier molecular flexibility index (Phi) is 6.72. The molecule has 3 aromatic rings. The van der Waals surface area contributed by atoms with Gasteiger partial charge in [0.25, 0.3) is 11.5 Å². The molecule has 1 aliphatic rings. The largest absolute Gasteiger partial charge is 0.494 e. The maximum absolute atomic E-state index is 13.0. The number of nitrogens with zero attached hydrogens (tertiary/aromatic N) is 2. The number of carboxylic acid groups (broad SMARTS) is 1. The summed E-state index contributed by atoms with van der Waals surface area (Å²) >= 11 is 11.3. The number of rotatable bonds is 6. The Morgan fingerprint density at radius 2 is 2.00 bits per heavy atom. The molecular weight excluding hydrogens is 481 g/mol. The number of hydrogen-bond acceptors (Lipinski definition) is 5. The highest BCUT2D eigenvalue weighted by Gasteiger charge is 2.22. The SMILES string of the molecule is CCOc1cccc(/C=C2/CCn3c2nc2cc(NC(=O)/C(Cl)=C(/Cl)C(=O)O)ccc2c3=O)c1. The number of aromatic nitrogens is 2. The molecule has 174 valence electrons. The molecule has 0 aliphatic carbocycles. The summed E-state index contributed by atoms with van der Waals surface area (Å²) in [6, 6.07) is 12.2. The molecule has 8 nitrogen and oxygen atoms in total. The van der Waals surface area contributed by atoms with E-state index in [-0.39, 0.29) is 11.2 Å². The van der Waals surface area contributed by atoms with Gasteiger partial charge in [0.15, 0.2) is 0 Å². The van der Waals surface area contributed by atoms with E-state index < -0.39 is 21.9 Å². The van der Waals surface area contributed by atoms with Crippen LogP contribution in [0.5, 0.6) is 5.75 Å². The quantitative estimate of drug-likeness (QED) is 0.484. The predicted molar refractivity (Wildman–Crippen MR) is 131 cm³/mol. The number of amides is 1. The lowest BCUT2D eigenvalue weighted by molar-refractivity contribution is -0.132. The Morgan fingerprint density at radius 3 is 2.74 bits per heavy atom. The third-order valence-corrected chi connectivity index (χ3v) is 6.00. The van der Waals surface area contributed by atoms with Crippen LogP contribution in [0, 0.1) is 0 Å². The number of benzene rings is 2. The first-order valence-electron chi connectivity index (χ1n) is 10.4. The minimum atomic E-state index is -1.52. The molecule has 2 heterocycles. The second kappa shape index (κ2) is 9.70. The number of hydrogen-bond donors (Lipinski definition) is 2. The number of ether oxygens (including phenoxy) is 1. The van der Waals surface area contributed by atoms with E-state index in [0.29, 0.717) is 36.3 Å². The highest BCUT2D eigenvalue weighted by molar-refractivity contribution is 6.54. The van der Waals surface area contributed by atoms with Gasteiger partial charge in [-0.3, -0.25) is 14.2 Å². The van der Waals surface area contributed by atoms with Gasteiger partial charge in [0, 0.05) is 12.2 Å². The van der Waals surface area contributed by atoms with Gasteiger partial charge in [-0.15, -0.1) is 0 Å². The van der Waals surface area contributed by atoms with Crippen LogP contribution in [-0.4, -0.2) is 33.1 Å². The van der Waals surface area contributed by atoms with Crippen molar-refractivity contribution < 1.29 is 19.4 Å². The van der Waals surface area contributed by atoms with Crippen LogP contribution in [-0.2, 0) is 16.1 Å². The number of aliphatic carboxylic acids is 1. The van der Waals surface area contributed by atoms with Gasteiger partial charge < -0.3 is 15.2 Å². The number of carboxylic acids is 1. The van der Waals surface area contributed by atoms with Crippen molar-refractivity contribution in [1.82, 2.24) is 9.55 Å². The van der Waals surface area contributed by atoms with Crippen molar-refractivity contribution in [3.8, 4) is 5.75 Å². The maximum atomic E-state index is 13.0. The molecule has 10 heteroatoms. The summed E-state index contributed by atoms with van der Waals surface area (Å²) in [6.07, 6.45) is 2.62. The van der Waals surface area contributed by atoms with E-state index in [2.05, 4.69) is 10.3 Å². The summed E-state index contributed by atoms with van der Waals surface area (Å²) < 4.78 is 7.19. The minimum Gasteiger partial charge on any atom is -0.494 e. The average molecular weight is 500 g/mol. The number of nitrogens with one attached hydrogen (secondary N) is 1. The Morgan fingerprint density at radius 1 is 1.21 bits per heavy atom. The smallest absolute Gasteiger partial charge is 0.349 e. The summed E-state index contributed by atoms with van der Waals surface area (Å²) in [4.78, 5) is 40.9. The van der Waals surface area contributed by atoms with E-state index in [1.165, 1.54) is 12.1 Å². The van der Waals surface area contributed by atoms with Crippen molar-refractivity contribution in [1.29, 1.82) is 0 Å². The standard InChI is InChI=1S/C24H19Cl2N3O5/c1-2-34-16-5-3-4-13(11-16)10-14-8-9-29-21(14)28-18-12-15(6-7-17(18)23(29)31)27-22(30)19(25)20(26)24(32)33/h3-7,10-12H,2,8-9H2,1H3,(H,27,30)(H,32,33)/b14-10-,20-19-. The Labute approximate surface area is 204 Å². The predicted octanol–water partition coefficient (Wildman–Crippen LogP) is 4.45. The Hall–Kier alpha value is -3.62. The molecule has 2 N–H and O–H groups in total. The van der Waals surface area contributed by atoms with Crippen LogP contribution in [0.15, 0.2) is 57.3 Å². The average Bonchev–Trinajstić information content (AvgIpc) is 3.21. The molecule has 0 bridgehead atoms. The van der Waals surface area contributed by atoms with Crippen LogP contribution in [0.2, 0.25) is 0 Å². The van der Waals surface area contributed by atoms with Crippen molar-refractivity contribution in [3.05, 3.63) is 74.3 Å². The first-order chi connectivity index (χ1) is 16.3. The number of anilines is 1. The molecule has 2 aromatic carbocycles. The number of fused-ring (bicyclic) bond motifs is 2. The molecule has 0 atom stereocenters. The maximum Gasteiger partial charge on any atom is 0.349 e. The monoisotopic (exact) mass is 499 g/mol. The lowest BCUT2D eigenvalue weighted by atomic mass is 10.1. The fourth-order valence-electron chi connectivity index (χ4n) is 3.67. The number of carbonyl (C=O) groups is 2. The highest BCUT2D eigenvalue weighted by atomic mass is 35.5. The van der Waals surface area contributed by atoms with E-state index >= 15 is 0 Å². The minimum absolute atomic E-state index is 0.184. The summed E-state index contributed by atoms with van der Waals surface area (Å²) in [5, 5.41) is 10.3. The summed E-state index contributed by atoms with van der Waals surface area (Å²) in [5.41, 5.74) is 2.32. The summed E-state index contributed by atoms with van der Waals surface area (Å²) in [5.74, 6) is -1.10. The van der Waals surface area contributed by atoms with E-state index in [9.17, 15) is 14.4 Å². The van der Waals surface area contributed by atoms with Crippen molar-refractivity contribution >= 4 is 63.3 Å². The van der Waals surface area contributed by atoms with Gasteiger partial charge in [-0.1, -0.05) is 35.3 Å². The van der Waals surface area contributed by atoms with Gasteiger partial charge in [-0.25, -0.2) is 9.78 Å². The van der Waals surface area contributed by atoms with Crippen LogP contribution >= 0.6 is 23.2 Å². The van der Waals surface area contributed by atoms with E-state index in [0.717, 1.165) is 16.9 Å². The second-order valence-corrected chi connectivity index (χ2v) is 8.19. The highest BCUT2D eigenvalue weighted by Crippen LogP contribution is 2.29. The first-order valence-corrected chi connectivity index (χ1v) is 11.1. The van der Waals surface area contributed by atoms with Gasteiger partial charge in [-0.05, 0) is 60.9 Å². The van der Waals surface area contributed by atoms with Crippen LogP contribution in [0.4, 0.5) is 5.69 Å². The van der Waals surface area contributed by atoms with Crippen LogP contribution in [0.1, 0.15) is 24.7 Å². The molecule has 1 aromatic heterocycles. The molecule has 0 saturated heterocycles. The molecule has 0 fully saturated rings. The Balaban J connectivity index is 1.71. The van der Waals surface area contributed by atoms with E-state index in [1.54, 1.807) is 10.6 Å². The molecule has 0 radical (unpaired) electrons. The zero-order valence-corrected chi connectivity index (χ0v) is 19.5. The third-order valence-electron chi connectivity index (χ3n) is 5.19. The lowest BCUT2D eigenvalue weighted by Crippen LogP contribution is -2.21. The molecule has 34 heavy (non-hydrogen) atoms. The van der Waals surface area contributed by atoms with Gasteiger partial charge in [0.2, 0.25) is 0 Å². The molecular formula is C24H19Cl2N3O5. The zero-order valence-electron chi connectivity index (χ0n) is 18.0. The fourth-order valence-corrected chi connectivity index (χ4v) is 3.89. The van der Waals surface area contributed by atoms with Crippen molar-refractivity contribution in [2.75, 3.05) is 11.9 Å². The molecule has 1 aliphatic heterocycles. The zero-order chi connectivity index (χ0) is 24.4. The number of carbonyl (C=O) groups excluding carboxylic acids is 1. The molecule has 0 unspecified atom stereocenters. The van der Waals surface area contributed by atoms with Crippen LogP contribution in [0.3, 0.4) is 0 Å². The fraction of sp³-hybridized carbons (Fsp3) is 0.167. The molecule has 0 spiro atoms. The number of allylic oxidation sites excluding steroid dienone is 1. The topological polar surface area (TPSA) is 111 Å². The second-order valence-electron chi connectivity index (χ2n) is 7.44. The van der Waals surface area contributed by atoms with Gasteiger partial charge >= 0.3 is 5.97 Å². The van der Waals surface area contributed by atoms with E-state index in [1.807, 2.05) is 37.3 Å². The third kappa shape index (κ3) is 4.69. The molecule has 1 amide bonds. The van der Waals surface area contributed by atoms with Gasteiger partial charge in [0.05, 0.1) is 17.5 Å². The number of halogens is 2. The molecule has 0 saturated carbocycles. The van der Waals surface area contributed by atoms with Crippen LogP contribution < -0.4 is 15.6 Å². The van der Waals surface area contributed by atoms with Crippen molar-refractivity contribution in [2.45, 2.75) is 19.9 Å². The first kappa shape index (κ1) is 23.5. The van der Waals surface area contributed by atoms with E-state index in [4.69, 9.17) is 33.0 Å². The molecule has 4 rings (SSSR count). The lowest BCUT2D eigenvalue weighted by Gasteiger charge is -2.09. The normalized spacial score (nSPS) is 14.6.